The van der Waals surface area contributed by atoms with Crippen molar-refractivity contribution in [2.24, 2.45) is 0 Å². The first-order valence-electron chi connectivity index (χ1n) is 9.46. The summed E-state index contributed by atoms with van der Waals surface area (Å²) in [5.74, 6) is 0.869. The lowest BCUT2D eigenvalue weighted by Gasteiger charge is -2.18. The molecule has 31 heavy (non-hydrogen) atoms. The van der Waals surface area contributed by atoms with Crippen LogP contribution in [0.3, 0.4) is 0 Å². The Labute approximate surface area is 186 Å². The first kappa shape index (κ1) is 23.8. The number of benzene rings is 2. The fourth-order valence-electron chi connectivity index (χ4n) is 2.72. The molecule has 0 saturated carbocycles. The van der Waals surface area contributed by atoms with Crippen molar-refractivity contribution in [2.45, 2.75) is 12.8 Å². The molecule has 0 aliphatic carbocycles. The molecule has 0 atom stereocenters. The molecule has 1 N–H and O–H groups in total. The van der Waals surface area contributed by atoms with Gasteiger partial charge < -0.3 is 24.4 Å². The molecule has 0 spiro atoms. The van der Waals surface area contributed by atoms with E-state index < -0.39 is 0 Å². The number of nitrogens with zero attached hydrogens (tertiary/aromatic N) is 2. The Balaban J connectivity index is 1.79. The van der Waals surface area contributed by atoms with Gasteiger partial charge in [-0.15, -0.1) is 0 Å². The highest BCUT2D eigenvalue weighted by atomic mass is 35.5. The van der Waals surface area contributed by atoms with Crippen molar-refractivity contribution < 1.29 is 23.8 Å². The van der Waals surface area contributed by atoms with Crippen molar-refractivity contribution in [3.63, 3.8) is 0 Å². The third kappa shape index (κ3) is 7.08. The number of carbonyl (C=O) groups is 2. The van der Waals surface area contributed by atoms with Crippen LogP contribution in [0.4, 0.5) is 5.69 Å². The Hall–Kier alpha value is -3.44. The van der Waals surface area contributed by atoms with E-state index in [2.05, 4.69) is 5.32 Å². The quantitative estimate of drug-likeness (QED) is 0.562. The lowest BCUT2D eigenvalue weighted by molar-refractivity contribution is -0.133. The van der Waals surface area contributed by atoms with Gasteiger partial charge >= 0.3 is 0 Å². The van der Waals surface area contributed by atoms with Gasteiger partial charge in [-0.2, -0.15) is 5.26 Å². The molecular formula is C22H24ClN3O5. The van der Waals surface area contributed by atoms with Crippen LogP contribution in [0.5, 0.6) is 17.2 Å². The third-order valence-corrected chi connectivity index (χ3v) is 4.56. The zero-order valence-electron chi connectivity index (χ0n) is 17.6. The van der Waals surface area contributed by atoms with Gasteiger partial charge in [0.2, 0.25) is 11.8 Å². The van der Waals surface area contributed by atoms with Crippen LogP contribution in [0.1, 0.15) is 18.4 Å². The van der Waals surface area contributed by atoms with E-state index in [1.807, 2.05) is 6.07 Å². The van der Waals surface area contributed by atoms with E-state index in [9.17, 15) is 9.59 Å². The Morgan fingerprint density at radius 2 is 1.81 bits per heavy atom. The van der Waals surface area contributed by atoms with Crippen molar-refractivity contribution in [2.75, 3.05) is 39.7 Å². The Kier molecular flexibility index (Phi) is 8.97. The number of nitrogens with one attached hydrogen (secondary N) is 1. The number of halogens is 1. The fraction of sp³-hybridized carbons (Fsp3) is 0.318. The lowest BCUT2D eigenvalue weighted by atomic mass is 10.2. The number of ether oxygens (including phenoxy) is 3. The molecule has 0 aliphatic heterocycles. The van der Waals surface area contributed by atoms with Crippen LogP contribution in [-0.2, 0) is 9.59 Å². The van der Waals surface area contributed by atoms with Gasteiger partial charge in [-0.1, -0.05) is 11.6 Å². The topological polar surface area (TPSA) is 101 Å². The first-order valence-corrected chi connectivity index (χ1v) is 9.84. The smallest absolute Gasteiger partial charge is 0.244 e. The van der Waals surface area contributed by atoms with Gasteiger partial charge in [0.15, 0.2) is 11.5 Å². The summed E-state index contributed by atoms with van der Waals surface area (Å²) in [4.78, 5) is 25.9. The minimum Gasteiger partial charge on any atom is -0.495 e. The van der Waals surface area contributed by atoms with Gasteiger partial charge in [0.1, 0.15) is 5.75 Å². The molecule has 0 fully saturated rings. The van der Waals surface area contributed by atoms with Gasteiger partial charge in [0.05, 0.1) is 44.7 Å². The zero-order valence-corrected chi connectivity index (χ0v) is 18.4. The van der Waals surface area contributed by atoms with Crippen LogP contribution >= 0.6 is 11.6 Å². The summed E-state index contributed by atoms with van der Waals surface area (Å²) in [5, 5.41) is 12.1. The summed E-state index contributed by atoms with van der Waals surface area (Å²) in [7, 11) is 4.54. The predicted molar refractivity (Wildman–Crippen MR) is 117 cm³/mol. The molecule has 2 rings (SSSR count). The highest BCUT2D eigenvalue weighted by molar-refractivity contribution is 6.31. The monoisotopic (exact) mass is 445 g/mol. The van der Waals surface area contributed by atoms with Crippen LogP contribution < -0.4 is 19.5 Å². The Bertz CT molecular complexity index is 974. The molecule has 164 valence electrons. The Morgan fingerprint density at radius 1 is 1.10 bits per heavy atom. The van der Waals surface area contributed by atoms with E-state index in [0.717, 1.165) is 0 Å². The summed E-state index contributed by atoms with van der Waals surface area (Å²) >= 11 is 5.96. The van der Waals surface area contributed by atoms with E-state index in [1.54, 1.807) is 43.4 Å². The van der Waals surface area contributed by atoms with Gasteiger partial charge in [-0.05, 0) is 36.8 Å². The van der Waals surface area contributed by atoms with Crippen molar-refractivity contribution >= 4 is 29.1 Å². The molecule has 2 aromatic rings. The van der Waals surface area contributed by atoms with E-state index in [4.69, 9.17) is 31.1 Å². The maximum absolute atomic E-state index is 12.3. The third-order valence-electron chi connectivity index (χ3n) is 4.33. The number of amides is 2. The van der Waals surface area contributed by atoms with Crippen LogP contribution in [-0.4, -0.2) is 51.1 Å². The minimum absolute atomic E-state index is 0.112. The van der Waals surface area contributed by atoms with Crippen molar-refractivity contribution in [1.82, 2.24) is 4.90 Å². The van der Waals surface area contributed by atoms with Gasteiger partial charge in [0, 0.05) is 24.6 Å². The number of anilines is 1. The fourth-order valence-corrected chi connectivity index (χ4v) is 2.90. The summed E-state index contributed by atoms with van der Waals surface area (Å²) in [6.45, 7) is 0.173. The van der Waals surface area contributed by atoms with Crippen molar-refractivity contribution in [1.29, 1.82) is 5.26 Å². The number of rotatable bonds is 10. The van der Waals surface area contributed by atoms with Crippen LogP contribution in [0.2, 0.25) is 5.02 Å². The maximum atomic E-state index is 12.3. The Morgan fingerprint density at radius 3 is 2.48 bits per heavy atom. The molecule has 9 heteroatoms. The van der Waals surface area contributed by atoms with E-state index in [1.165, 1.54) is 19.1 Å². The largest absolute Gasteiger partial charge is 0.495 e. The number of nitriles is 1. The normalized spacial score (nSPS) is 10.0. The minimum atomic E-state index is -0.366. The standard InChI is InChI=1S/C22H24ClN3O5/c1-26(14-21(27)25-17-12-16(23)7-9-18(17)29-2)22(28)5-4-10-31-19-8-6-15(13-24)11-20(19)30-3/h6-9,11-12H,4-5,10,14H2,1-3H3,(H,25,27). The predicted octanol–water partition coefficient (Wildman–Crippen LogP) is 3.48. The second-order valence-electron chi connectivity index (χ2n) is 6.57. The average molecular weight is 446 g/mol. The summed E-state index contributed by atoms with van der Waals surface area (Å²) in [6, 6.07) is 11.8. The van der Waals surface area contributed by atoms with E-state index in [-0.39, 0.29) is 31.4 Å². The van der Waals surface area contributed by atoms with Crippen LogP contribution in [0.25, 0.3) is 0 Å². The molecule has 2 amide bonds. The number of methoxy groups -OCH3 is 2. The van der Waals surface area contributed by atoms with Gasteiger partial charge in [-0.25, -0.2) is 0 Å². The highest BCUT2D eigenvalue weighted by Crippen LogP contribution is 2.28. The highest BCUT2D eigenvalue weighted by Gasteiger charge is 2.15. The van der Waals surface area contributed by atoms with E-state index >= 15 is 0 Å². The molecule has 8 nitrogen and oxygen atoms in total. The SMILES string of the molecule is COc1ccc(Cl)cc1NC(=O)CN(C)C(=O)CCCOc1ccc(C#N)cc1OC. The molecular weight excluding hydrogens is 422 g/mol. The molecule has 0 heterocycles. The molecule has 0 saturated heterocycles. The number of hydrogen-bond acceptors (Lipinski definition) is 6. The molecule has 0 bridgehead atoms. The summed E-state index contributed by atoms with van der Waals surface area (Å²) in [5.41, 5.74) is 0.903. The average Bonchev–Trinajstić information content (AvgIpc) is 2.76. The molecule has 2 aromatic carbocycles. The summed E-state index contributed by atoms with van der Waals surface area (Å²) in [6.07, 6.45) is 0.666. The second-order valence-corrected chi connectivity index (χ2v) is 7.01. The zero-order chi connectivity index (χ0) is 22.8. The molecule has 0 aromatic heterocycles. The van der Waals surface area contributed by atoms with Gasteiger partial charge in [-0.3, -0.25) is 9.59 Å². The first-order chi connectivity index (χ1) is 14.9. The van der Waals surface area contributed by atoms with Crippen molar-refractivity contribution in [3.8, 4) is 23.3 Å². The number of hydrogen-bond donors (Lipinski definition) is 1. The van der Waals surface area contributed by atoms with E-state index in [0.29, 0.717) is 39.9 Å². The summed E-state index contributed by atoms with van der Waals surface area (Å²) < 4.78 is 16.0. The molecule has 0 radical (unpaired) electrons. The van der Waals surface area contributed by atoms with Crippen LogP contribution in [0, 0.1) is 11.3 Å². The molecule has 0 aliphatic rings. The maximum Gasteiger partial charge on any atom is 0.244 e. The molecule has 0 unspecified atom stereocenters. The van der Waals surface area contributed by atoms with Crippen molar-refractivity contribution in [3.05, 3.63) is 47.0 Å². The lowest BCUT2D eigenvalue weighted by Crippen LogP contribution is -2.35. The second kappa shape index (κ2) is 11.7. The van der Waals surface area contributed by atoms with Gasteiger partial charge in [0.25, 0.3) is 0 Å². The number of likely N-dealkylation sites (N-methyl/N-ethyl adjacent to an activating group) is 1. The number of carbonyl (C=O) groups excluding carboxylic acids is 2. The van der Waals surface area contributed by atoms with Crippen LogP contribution in [0.15, 0.2) is 36.4 Å².